The van der Waals surface area contributed by atoms with Gasteiger partial charge in [0.1, 0.15) is 6.04 Å². The van der Waals surface area contributed by atoms with Gasteiger partial charge in [0.2, 0.25) is 17.7 Å². The van der Waals surface area contributed by atoms with E-state index in [1.54, 1.807) is 18.3 Å². The van der Waals surface area contributed by atoms with E-state index in [0.717, 1.165) is 60.5 Å². The summed E-state index contributed by atoms with van der Waals surface area (Å²) >= 11 is 1.60. The van der Waals surface area contributed by atoms with Crippen LogP contribution in [0.3, 0.4) is 0 Å². The van der Waals surface area contributed by atoms with Crippen molar-refractivity contribution in [2.24, 2.45) is 17.6 Å². The van der Waals surface area contributed by atoms with Crippen LogP contribution in [0.2, 0.25) is 0 Å². The molecule has 1 saturated carbocycles. The summed E-state index contributed by atoms with van der Waals surface area (Å²) in [5, 5.41) is 7.19. The minimum Gasteiger partial charge on any atom is -0.369 e. The molecule has 2 fully saturated rings. The van der Waals surface area contributed by atoms with Gasteiger partial charge >= 0.3 is 0 Å². The summed E-state index contributed by atoms with van der Waals surface area (Å²) in [6.45, 7) is 8.53. The Kier molecular flexibility index (Phi) is 10.4. The Morgan fingerprint density at radius 3 is 2.44 bits per heavy atom. The first-order valence-corrected chi connectivity index (χ1v) is 15.6. The predicted octanol–water partition coefficient (Wildman–Crippen LogP) is 4.12. The maximum Gasteiger partial charge on any atom is 0.243 e. The molecule has 4 N–H and O–H groups in total. The highest BCUT2D eigenvalue weighted by molar-refractivity contribution is 7.18. The van der Waals surface area contributed by atoms with Crippen LogP contribution in [0.15, 0.2) is 18.2 Å². The molecule has 0 unspecified atom stereocenters. The zero-order valence-corrected chi connectivity index (χ0v) is 24.5. The minimum atomic E-state index is -0.672. The largest absolute Gasteiger partial charge is 0.369 e. The molecule has 0 radical (unpaired) electrons. The summed E-state index contributed by atoms with van der Waals surface area (Å²) in [6.07, 6.45) is 8.04. The lowest BCUT2D eigenvalue weighted by Crippen LogP contribution is -2.56. The van der Waals surface area contributed by atoms with Crippen molar-refractivity contribution in [3.05, 3.63) is 28.8 Å². The maximum absolute atomic E-state index is 13.8. The first-order chi connectivity index (χ1) is 18.7. The van der Waals surface area contributed by atoms with Crippen molar-refractivity contribution in [3.8, 4) is 0 Å². The molecule has 1 aliphatic carbocycles. The number of nitrogens with two attached hydrogens (primary N) is 1. The quantitative estimate of drug-likeness (QED) is 0.386. The van der Waals surface area contributed by atoms with E-state index in [4.69, 9.17) is 10.7 Å². The van der Waals surface area contributed by atoms with Crippen molar-refractivity contribution >= 4 is 39.3 Å². The summed E-state index contributed by atoms with van der Waals surface area (Å²) < 4.78 is 1.11. The van der Waals surface area contributed by atoms with Gasteiger partial charge in [0, 0.05) is 31.3 Å². The molecule has 9 heteroatoms. The van der Waals surface area contributed by atoms with E-state index in [-0.39, 0.29) is 29.7 Å². The fraction of sp³-hybridized carbons (Fsp3) is 0.667. The van der Waals surface area contributed by atoms with Gasteiger partial charge in [0.15, 0.2) is 0 Å². The molecule has 2 aromatic rings. The fourth-order valence-electron chi connectivity index (χ4n) is 5.93. The number of carbonyl (C=O) groups is 3. The first kappa shape index (κ1) is 29.5. The molecule has 8 nitrogen and oxygen atoms in total. The second kappa shape index (κ2) is 13.7. The third-order valence-electron chi connectivity index (χ3n) is 8.47. The molecule has 0 bridgehead atoms. The predicted molar refractivity (Wildman–Crippen MR) is 156 cm³/mol. The second-order valence-electron chi connectivity index (χ2n) is 11.7. The molecular formula is C30H45N5O3S. The van der Waals surface area contributed by atoms with Crippen molar-refractivity contribution in [1.82, 2.24) is 20.5 Å². The molecule has 1 aliphatic heterocycles. The van der Waals surface area contributed by atoms with E-state index < -0.39 is 6.04 Å². The van der Waals surface area contributed by atoms with Gasteiger partial charge in [-0.3, -0.25) is 14.4 Å². The fourth-order valence-corrected chi connectivity index (χ4v) is 6.99. The average molecular weight is 556 g/mol. The van der Waals surface area contributed by atoms with Gasteiger partial charge in [-0.25, -0.2) is 4.98 Å². The molecule has 3 amide bonds. The van der Waals surface area contributed by atoms with Crippen LogP contribution >= 0.6 is 11.3 Å². The molecule has 2 heterocycles. The Morgan fingerprint density at radius 1 is 1.08 bits per heavy atom. The van der Waals surface area contributed by atoms with E-state index in [1.807, 2.05) is 6.07 Å². The van der Waals surface area contributed by atoms with Crippen LogP contribution in [0.25, 0.3) is 10.2 Å². The number of nitrogens with zero attached hydrogens (tertiary/aromatic N) is 2. The van der Waals surface area contributed by atoms with Crippen LogP contribution in [0, 0.1) is 11.8 Å². The topological polar surface area (TPSA) is 117 Å². The van der Waals surface area contributed by atoms with Gasteiger partial charge < -0.3 is 21.3 Å². The van der Waals surface area contributed by atoms with Crippen molar-refractivity contribution in [2.45, 2.75) is 96.6 Å². The first-order valence-electron chi connectivity index (χ1n) is 14.7. The summed E-state index contributed by atoms with van der Waals surface area (Å²) in [5.74, 6) is 0.304. The van der Waals surface area contributed by atoms with Crippen LogP contribution in [-0.4, -0.2) is 59.3 Å². The molecule has 1 aromatic carbocycles. The van der Waals surface area contributed by atoms with Gasteiger partial charge in [-0.1, -0.05) is 46.1 Å². The Hall–Kier alpha value is -2.52. The number of nitrogens with one attached hydrogen (secondary N) is 2. The minimum absolute atomic E-state index is 0.00734. The number of carbonyl (C=O) groups excluding carboxylic acids is 3. The number of hydrogen-bond acceptors (Lipinski definition) is 6. The van der Waals surface area contributed by atoms with Crippen LogP contribution in [0.1, 0.15) is 88.6 Å². The summed E-state index contributed by atoms with van der Waals surface area (Å²) in [5.41, 5.74) is 7.73. The average Bonchev–Trinajstić information content (AvgIpc) is 3.34. The van der Waals surface area contributed by atoms with Gasteiger partial charge in [-0.15, -0.1) is 11.3 Å². The number of rotatable bonds is 11. The number of aromatic nitrogens is 1. The highest BCUT2D eigenvalue weighted by atomic mass is 32.1. The molecule has 1 aromatic heterocycles. The molecular weight excluding hydrogens is 510 g/mol. The standard InChI is InChI=1S/C30H45N5O3S/c1-4-27(36)32-24(17-28-33-23-11-10-22(19(2)3)16-26(23)39-28)30(38)34-25(20-8-6-5-7-9-20)18-35-14-12-21(13-15-35)29(31)37/h10-11,16,19-21,24-25H,4-9,12-15,17-18H2,1-3H3,(H2,31,37)(H,32,36)(H,34,38)/t24-,25+/m0/s1. The third kappa shape index (κ3) is 8.01. The van der Waals surface area contributed by atoms with Gasteiger partial charge in [-0.05, 0) is 68.3 Å². The molecule has 2 atom stereocenters. The SMILES string of the molecule is CCC(=O)N[C@@H](Cc1nc2ccc(C(C)C)cc2s1)C(=O)N[C@H](CN1CCC(C(N)=O)CC1)C1CCCCC1. The Morgan fingerprint density at radius 2 is 1.79 bits per heavy atom. The number of benzene rings is 1. The second-order valence-corrected chi connectivity index (χ2v) is 12.8. The molecule has 39 heavy (non-hydrogen) atoms. The van der Waals surface area contributed by atoms with Crippen LogP contribution < -0.4 is 16.4 Å². The van der Waals surface area contributed by atoms with Gasteiger partial charge in [-0.2, -0.15) is 0 Å². The van der Waals surface area contributed by atoms with Crippen LogP contribution in [-0.2, 0) is 20.8 Å². The summed E-state index contributed by atoms with van der Waals surface area (Å²) in [7, 11) is 0. The lowest BCUT2D eigenvalue weighted by molar-refractivity contribution is -0.129. The van der Waals surface area contributed by atoms with Crippen molar-refractivity contribution in [1.29, 1.82) is 0 Å². The van der Waals surface area contributed by atoms with E-state index >= 15 is 0 Å². The molecule has 0 spiro atoms. The summed E-state index contributed by atoms with van der Waals surface area (Å²) in [6, 6.07) is 5.68. The highest BCUT2D eigenvalue weighted by Crippen LogP contribution is 2.29. The normalized spacial score (nSPS) is 19.2. The molecule has 2 aliphatic rings. The monoisotopic (exact) mass is 555 g/mol. The van der Waals surface area contributed by atoms with Crippen LogP contribution in [0.5, 0.6) is 0 Å². The number of piperidine rings is 1. The zero-order valence-electron chi connectivity index (χ0n) is 23.7. The van der Waals surface area contributed by atoms with Crippen molar-refractivity contribution in [2.75, 3.05) is 19.6 Å². The lowest BCUT2D eigenvalue weighted by atomic mass is 9.83. The molecule has 214 valence electrons. The van der Waals surface area contributed by atoms with Crippen molar-refractivity contribution < 1.29 is 14.4 Å². The number of thiazole rings is 1. The Balaban J connectivity index is 1.48. The highest BCUT2D eigenvalue weighted by Gasteiger charge is 2.32. The van der Waals surface area contributed by atoms with Crippen LogP contribution in [0.4, 0.5) is 0 Å². The van der Waals surface area contributed by atoms with Crippen molar-refractivity contribution in [3.63, 3.8) is 0 Å². The van der Waals surface area contributed by atoms with E-state index in [0.29, 0.717) is 24.7 Å². The Labute approximate surface area is 236 Å². The van der Waals surface area contributed by atoms with Gasteiger partial charge in [0.05, 0.1) is 15.2 Å². The summed E-state index contributed by atoms with van der Waals surface area (Å²) in [4.78, 5) is 45.0. The van der Waals surface area contributed by atoms with E-state index in [9.17, 15) is 14.4 Å². The van der Waals surface area contributed by atoms with E-state index in [1.165, 1.54) is 24.8 Å². The smallest absolute Gasteiger partial charge is 0.243 e. The molecule has 1 saturated heterocycles. The lowest BCUT2D eigenvalue weighted by Gasteiger charge is -2.38. The maximum atomic E-state index is 13.8. The number of hydrogen-bond donors (Lipinski definition) is 3. The Bertz CT molecular complexity index is 1130. The zero-order chi connectivity index (χ0) is 27.9. The van der Waals surface area contributed by atoms with E-state index in [2.05, 4.69) is 41.5 Å². The number of fused-ring (bicyclic) bond motifs is 1. The molecule has 4 rings (SSSR count). The number of likely N-dealkylation sites (tertiary alicyclic amines) is 1. The third-order valence-corrected chi connectivity index (χ3v) is 9.51. The van der Waals surface area contributed by atoms with Gasteiger partial charge in [0.25, 0.3) is 0 Å². The number of primary amides is 1. The number of amides is 3.